The molecule has 2 aromatic rings. The summed E-state index contributed by atoms with van der Waals surface area (Å²) in [4.78, 5) is 15.6. The molecule has 2 rings (SSSR count). The lowest BCUT2D eigenvalue weighted by molar-refractivity contribution is -0.124. The van der Waals surface area contributed by atoms with E-state index in [1.54, 1.807) is 5.48 Å². The van der Waals surface area contributed by atoms with Crippen molar-refractivity contribution < 1.29 is 32.9 Å². The summed E-state index contributed by atoms with van der Waals surface area (Å²) in [6, 6.07) is 2.83. The van der Waals surface area contributed by atoms with Gasteiger partial charge in [0.25, 0.3) is 6.43 Å². The quantitative estimate of drug-likeness (QED) is 0.152. The number of aliphatic imine (C=N–C) groups is 1. The summed E-state index contributed by atoms with van der Waals surface area (Å²) in [6.07, 6.45) is -3.09. The van der Waals surface area contributed by atoms with Crippen LogP contribution in [-0.4, -0.2) is 50.3 Å². The highest BCUT2D eigenvalue weighted by Crippen LogP contribution is 2.27. The highest BCUT2D eigenvalue weighted by atomic mass is 32.2. The third kappa shape index (κ3) is 7.00. The van der Waals surface area contributed by atoms with Gasteiger partial charge in [0.05, 0.1) is 23.3 Å². The molecule has 0 saturated carbocycles. The average Bonchev–Trinajstić information content (AvgIpc) is 3.11. The van der Waals surface area contributed by atoms with Crippen molar-refractivity contribution in [1.29, 1.82) is 0 Å². The molecule has 13 heteroatoms. The van der Waals surface area contributed by atoms with Gasteiger partial charge in [-0.2, -0.15) is 0 Å². The molecule has 4 N–H and O–H groups in total. The Morgan fingerprint density at radius 1 is 1.37 bits per heavy atom. The van der Waals surface area contributed by atoms with Gasteiger partial charge in [0.1, 0.15) is 5.82 Å². The number of nitrogens with one attached hydrogen (secondary N) is 2. The lowest BCUT2D eigenvalue weighted by Gasteiger charge is -2.16. The maximum Gasteiger partial charge on any atom is 0.266 e. The molecular weight excluding hydrogens is 427 g/mol. The number of hydroxylamine groups is 1. The van der Waals surface area contributed by atoms with Crippen molar-refractivity contribution in [3.05, 3.63) is 35.3 Å². The lowest BCUT2D eigenvalue weighted by atomic mass is 10.1. The van der Waals surface area contributed by atoms with E-state index in [0.717, 1.165) is 30.0 Å². The summed E-state index contributed by atoms with van der Waals surface area (Å²) in [5, 5.41) is 29.1. The van der Waals surface area contributed by atoms with Crippen LogP contribution in [0.1, 0.15) is 38.0 Å². The van der Waals surface area contributed by atoms with E-state index in [9.17, 15) is 28.3 Å². The van der Waals surface area contributed by atoms with E-state index in [1.807, 2.05) is 0 Å². The number of hydrogen-bond acceptors (Lipinski definition) is 8. The largest absolute Gasteiger partial charge is 0.390 e. The summed E-state index contributed by atoms with van der Waals surface area (Å²) >= 11 is 1.12. The summed E-state index contributed by atoms with van der Waals surface area (Å²) in [5.74, 6) is -1.30. The second-order valence-corrected chi connectivity index (χ2v) is 7.77. The van der Waals surface area contributed by atoms with Crippen LogP contribution < -0.4 is 10.8 Å². The Bertz CT molecular complexity index is 902. The molecule has 0 atom stereocenters. The van der Waals surface area contributed by atoms with Crippen molar-refractivity contribution >= 4 is 29.2 Å². The molecule has 1 amide bonds. The molecule has 1 heterocycles. The first kappa shape index (κ1) is 23.6. The van der Waals surface area contributed by atoms with Crippen molar-refractivity contribution in [2.75, 3.05) is 12.3 Å². The molecule has 0 radical (unpaired) electrons. The Morgan fingerprint density at radius 3 is 2.73 bits per heavy atom. The average molecular weight is 447 g/mol. The summed E-state index contributed by atoms with van der Waals surface area (Å²) < 4.78 is 43.8. The van der Waals surface area contributed by atoms with Gasteiger partial charge >= 0.3 is 0 Å². The predicted molar refractivity (Wildman–Crippen MR) is 101 cm³/mol. The van der Waals surface area contributed by atoms with Crippen LogP contribution in [0, 0.1) is 5.82 Å². The zero-order chi connectivity index (χ0) is 22.3. The van der Waals surface area contributed by atoms with Gasteiger partial charge in [0.2, 0.25) is 5.91 Å². The number of aromatic nitrogens is 2. The number of aliphatic hydroxyl groups is 1. The number of carbonyl (C=O) groups excluding carboxylic acids is 1. The number of alkyl halides is 2. The molecule has 0 aliphatic rings. The van der Waals surface area contributed by atoms with Crippen LogP contribution in [0.25, 0.3) is 0 Å². The van der Waals surface area contributed by atoms with Crippen LogP contribution >= 0.6 is 11.8 Å². The zero-order valence-corrected chi connectivity index (χ0v) is 16.8. The summed E-state index contributed by atoms with van der Waals surface area (Å²) in [7, 11) is 0. The van der Waals surface area contributed by atoms with Gasteiger partial charge in [-0.3, -0.25) is 15.5 Å². The topological polar surface area (TPSA) is 133 Å². The van der Waals surface area contributed by atoms with Crippen LogP contribution in [0.15, 0.2) is 32.8 Å². The van der Waals surface area contributed by atoms with Gasteiger partial charge in [-0.15, -0.1) is 0 Å². The Hall–Kier alpha value is -2.64. The molecule has 0 unspecified atom stereocenters. The molecule has 1 aromatic heterocycles. The van der Waals surface area contributed by atoms with Crippen molar-refractivity contribution in [3.8, 4) is 0 Å². The fourth-order valence-electron chi connectivity index (χ4n) is 2.24. The normalized spacial score (nSPS) is 12.3. The standard InChI is InChI=1S/C17H20F3N5O4S/c1-17(2,27)8-12(26)21-5-6-30-16-13(24-29-25-16)15(23-28)22-9-3-4-11(18)10(7-9)14(19)20/h3-4,7,14,27-28H,5-6,8H2,1-2H3,(H,21,26)(H,22,23). The number of carbonyl (C=O) groups is 1. The van der Waals surface area contributed by atoms with E-state index in [-0.39, 0.29) is 41.1 Å². The van der Waals surface area contributed by atoms with Crippen molar-refractivity contribution in [2.24, 2.45) is 4.99 Å². The van der Waals surface area contributed by atoms with Gasteiger partial charge in [-0.05, 0) is 42.4 Å². The molecule has 0 fully saturated rings. The highest BCUT2D eigenvalue weighted by Gasteiger charge is 2.20. The Kier molecular flexibility index (Phi) is 8.20. The Balaban J connectivity index is 2.06. The summed E-state index contributed by atoms with van der Waals surface area (Å²) in [6.45, 7) is 3.28. The molecule has 0 spiro atoms. The summed E-state index contributed by atoms with van der Waals surface area (Å²) in [5.41, 5.74) is -0.227. The minimum Gasteiger partial charge on any atom is -0.390 e. The smallest absolute Gasteiger partial charge is 0.266 e. The maximum absolute atomic E-state index is 13.4. The third-order valence-corrected chi connectivity index (χ3v) is 4.45. The predicted octanol–water partition coefficient (Wildman–Crippen LogP) is 2.57. The first-order valence-corrected chi connectivity index (χ1v) is 9.60. The second kappa shape index (κ2) is 10.4. The van der Waals surface area contributed by atoms with E-state index < -0.39 is 23.4 Å². The molecule has 0 saturated heterocycles. The molecule has 0 aliphatic heterocycles. The molecule has 0 bridgehead atoms. The monoisotopic (exact) mass is 447 g/mol. The highest BCUT2D eigenvalue weighted by molar-refractivity contribution is 7.99. The van der Waals surface area contributed by atoms with E-state index in [0.29, 0.717) is 5.75 Å². The lowest BCUT2D eigenvalue weighted by Crippen LogP contribution is -2.33. The van der Waals surface area contributed by atoms with E-state index >= 15 is 0 Å². The number of rotatable bonds is 9. The van der Waals surface area contributed by atoms with Crippen LogP contribution in [0.4, 0.5) is 18.9 Å². The van der Waals surface area contributed by atoms with E-state index in [1.165, 1.54) is 13.8 Å². The second-order valence-electron chi connectivity index (χ2n) is 6.68. The first-order chi connectivity index (χ1) is 14.1. The van der Waals surface area contributed by atoms with Gasteiger partial charge in [0, 0.05) is 12.3 Å². The Labute approximate surface area is 173 Å². The van der Waals surface area contributed by atoms with Gasteiger partial charge in [-0.25, -0.2) is 22.8 Å². The number of thioether (sulfide) groups is 1. The van der Waals surface area contributed by atoms with Crippen LogP contribution in [-0.2, 0) is 4.79 Å². The van der Waals surface area contributed by atoms with E-state index in [4.69, 9.17) is 0 Å². The van der Waals surface area contributed by atoms with Gasteiger partial charge in [-0.1, -0.05) is 11.8 Å². The maximum atomic E-state index is 13.4. The number of halogens is 3. The number of amidine groups is 1. The van der Waals surface area contributed by atoms with Crippen LogP contribution in [0.5, 0.6) is 0 Å². The zero-order valence-electron chi connectivity index (χ0n) is 16.0. The number of nitrogens with zero attached hydrogens (tertiary/aromatic N) is 3. The van der Waals surface area contributed by atoms with Crippen molar-refractivity contribution in [2.45, 2.75) is 37.3 Å². The van der Waals surface area contributed by atoms with Gasteiger partial charge < -0.3 is 10.4 Å². The number of amides is 1. The molecular formula is C17H20F3N5O4S. The Morgan fingerprint density at radius 2 is 2.10 bits per heavy atom. The molecule has 9 nitrogen and oxygen atoms in total. The molecule has 164 valence electrons. The minimum absolute atomic E-state index is 0.00626. The number of benzene rings is 1. The third-order valence-electron chi connectivity index (χ3n) is 3.50. The molecule has 30 heavy (non-hydrogen) atoms. The molecule has 0 aliphatic carbocycles. The minimum atomic E-state index is -3.03. The van der Waals surface area contributed by atoms with Crippen LogP contribution in [0.3, 0.4) is 0 Å². The fourth-order valence-corrected chi connectivity index (χ4v) is 3.00. The fraction of sp³-hybridized carbons (Fsp3) is 0.412. The van der Waals surface area contributed by atoms with Gasteiger partial charge in [0.15, 0.2) is 16.6 Å². The van der Waals surface area contributed by atoms with Crippen molar-refractivity contribution in [3.63, 3.8) is 0 Å². The number of hydrogen-bond donors (Lipinski definition) is 4. The van der Waals surface area contributed by atoms with Crippen molar-refractivity contribution in [1.82, 2.24) is 21.1 Å². The van der Waals surface area contributed by atoms with E-state index in [2.05, 4.69) is 25.3 Å². The molecule has 1 aromatic carbocycles. The van der Waals surface area contributed by atoms with Crippen LogP contribution in [0.2, 0.25) is 0 Å². The first-order valence-electron chi connectivity index (χ1n) is 8.62. The SMILES string of the molecule is CC(C)(O)CC(=O)NCCSc1nonc1C(=Nc1ccc(F)c(C(F)F)c1)NO.